The van der Waals surface area contributed by atoms with E-state index in [2.05, 4.69) is 65.6 Å². The number of rotatable bonds is 9. The number of carbonyl (C=O) groups is 1. The highest BCUT2D eigenvalue weighted by molar-refractivity contribution is 6.31. The lowest BCUT2D eigenvalue weighted by atomic mass is 9.78. The molecule has 38 heavy (non-hydrogen) atoms. The maximum atomic E-state index is 12.6. The molecule has 3 aromatic carbocycles. The van der Waals surface area contributed by atoms with E-state index < -0.39 is 5.91 Å². The molecule has 0 fully saturated rings. The van der Waals surface area contributed by atoms with Crippen LogP contribution in [0.25, 0.3) is 0 Å². The van der Waals surface area contributed by atoms with Gasteiger partial charge in [-0.15, -0.1) is 5.10 Å². The molecule has 1 amide bonds. The number of aromatic nitrogens is 3. The molecule has 1 N–H and O–H groups in total. The van der Waals surface area contributed by atoms with Gasteiger partial charge in [-0.25, -0.2) is 9.67 Å². The number of hydrogen-bond acceptors (Lipinski definition) is 5. The molecule has 5 rings (SSSR count). The van der Waals surface area contributed by atoms with Crippen molar-refractivity contribution < 1.29 is 13.9 Å². The number of halogens is 1. The van der Waals surface area contributed by atoms with Gasteiger partial charge in [0.1, 0.15) is 24.4 Å². The third-order valence-corrected chi connectivity index (χ3v) is 6.76. The van der Waals surface area contributed by atoms with Crippen LogP contribution < -0.4 is 10.1 Å². The smallest absolute Gasteiger partial charge is 0.293 e. The molecule has 5 aromatic rings. The topological polar surface area (TPSA) is 82.2 Å². The SMILES string of the molecule is CC(C)(c1ccccc1)c1ccc(OCc2ccc(C(=O)Nc3ncn(Cc4ccccc4Cl)n3)o2)cc1. The molecule has 0 spiro atoms. The average Bonchev–Trinajstić information content (AvgIpc) is 3.59. The van der Waals surface area contributed by atoms with E-state index in [1.807, 2.05) is 42.5 Å². The zero-order chi connectivity index (χ0) is 26.5. The Morgan fingerprint density at radius 3 is 2.42 bits per heavy atom. The summed E-state index contributed by atoms with van der Waals surface area (Å²) < 4.78 is 13.2. The standard InChI is InChI=1S/C30H27ClN4O3/c1-30(2,22-9-4-3-5-10-22)23-12-14-24(15-13-23)37-19-25-16-17-27(38-25)28(36)33-29-32-20-35(34-29)18-21-8-6-7-11-26(21)31/h3-17,20H,18-19H2,1-2H3,(H,33,34,36). The van der Waals surface area contributed by atoms with Gasteiger partial charge in [0, 0.05) is 10.4 Å². The van der Waals surface area contributed by atoms with Crippen molar-refractivity contribution in [3.63, 3.8) is 0 Å². The summed E-state index contributed by atoms with van der Waals surface area (Å²) in [6.45, 7) is 5.04. The first-order chi connectivity index (χ1) is 18.4. The summed E-state index contributed by atoms with van der Waals surface area (Å²) in [6, 6.07) is 29.2. The van der Waals surface area contributed by atoms with E-state index in [0.29, 0.717) is 23.1 Å². The molecule has 0 bridgehead atoms. The molecular formula is C30H27ClN4O3. The van der Waals surface area contributed by atoms with E-state index >= 15 is 0 Å². The predicted octanol–water partition coefficient (Wildman–Crippen LogP) is 6.73. The quantitative estimate of drug-likeness (QED) is 0.230. The number of furan rings is 1. The number of ether oxygens (including phenoxy) is 1. The first-order valence-electron chi connectivity index (χ1n) is 12.2. The molecule has 0 radical (unpaired) electrons. The number of nitrogens with zero attached hydrogens (tertiary/aromatic N) is 3. The zero-order valence-electron chi connectivity index (χ0n) is 21.1. The van der Waals surface area contributed by atoms with Crippen LogP contribution in [-0.4, -0.2) is 20.7 Å². The van der Waals surface area contributed by atoms with Crippen molar-refractivity contribution in [1.29, 1.82) is 0 Å². The third-order valence-electron chi connectivity index (χ3n) is 6.39. The first kappa shape index (κ1) is 25.3. The van der Waals surface area contributed by atoms with Crippen molar-refractivity contribution >= 4 is 23.5 Å². The van der Waals surface area contributed by atoms with Crippen LogP contribution in [-0.2, 0) is 18.6 Å². The molecule has 0 unspecified atom stereocenters. The van der Waals surface area contributed by atoms with Gasteiger partial charge >= 0.3 is 0 Å². The zero-order valence-corrected chi connectivity index (χ0v) is 21.9. The second kappa shape index (κ2) is 10.9. The fourth-order valence-electron chi connectivity index (χ4n) is 4.11. The van der Waals surface area contributed by atoms with Crippen LogP contribution in [0.4, 0.5) is 5.95 Å². The number of nitrogens with one attached hydrogen (secondary N) is 1. The Bertz CT molecular complexity index is 1520. The number of amides is 1. The van der Waals surface area contributed by atoms with Crippen molar-refractivity contribution in [3.05, 3.63) is 131 Å². The number of carbonyl (C=O) groups excluding carboxylic acids is 1. The van der Waals surface area contributed by atoms with Crippen molar-refractivity contribution in [2.75, 3.05) is 5.32 Å². The molecule has 0 atom stereocenters. The highest BCUT2D eigenvalue weighted by Gasteiger charge is 2.22. The summed E-state index contributed by atoms with van der Waals surface area (Å²) in [5.41, 5.74) is 3.22. The minimum atomic E-state index is -0.445. The van der Waals surface area contributed by atoms with Gasteiger partial charge in [-0.2, -0.15) is 0 Å². The lowest BCUT2D eigenvalue weighted by Crippen LogP contribution is -2.18. The van der Waals surface area contributed by atoms with Gasteiger partial charge in [-0.3, -0.25) is 10.1 Å². The molecule has 0 aliphatic rings. The number of benzene rings is 3. The normalized spacial score (nSPS) is 11.3. The van der Waals surface area contributed by atoms with Crippen LogP contribution in [0.3, 0.4) is 0 Å². The Morgan fingerprint density at radius 1 is 0.947 bits per heavy atom. The molecule has 2 heterocycles. The molecule has 192 valence electrons. The lowest BCUT2D eigenvalue weighted by molar-refractivity contribution is 0.0991. The van der Waals surface area contributed by atoms with Crippen molar-refractivity contribution in [2.24, 2.45) is 0 Å². The van der Waals surface area contributed by atoms with E-state index in [0.717, 1.165) is 5.56 Å². The molecule has 8 heteroatoms. The van der Waals surface area contributed by atoms with Crippen LogP contribution in [0.5, 0.6) is 5.75 Å². The Hall–Kier alpha value is -4.36. The Morgan fingerprint density at radius 2 is 1.66 bits per heavy atom. The van der Waals surface area contributed by atoms with E-state index in [1.165, 1.54) is 17.5 Å². The fourth-order valence-corrected chi connectivity index (χ4v) is 4.31. The van der Waals surface area contributed by atoms with Gasteiger partial charge in [0.15, 0.2) is 5.76 Å². The summed E-state index contributed by atoms with van der Waals surface area (Å²) in [4.78, 5) is 16.8. The molecule has 2 aromatic heterocycles. The van der Waals surface area contributed by atoms with E-state index in [-0.39, 0.29) is 23.7 Å². The minimum absolute atomic E-state index is 0.123. The maximum absolute atomic E-state index is 12.6. The van der Waals surface area contributed by atoms with Crippen molar-refractivity contribution in [1.82, 2.24) is 14.8 Å². The molecule has 7 nitrogen and oxygen atoms in total. The third kappa shape index (κ3) is 5.79. The predicted molar refractivity (Wildman–Crippen MR) is 147 cm³/mol. The van der Waals surface area contributed by atoms with Crippen LogP contribution in [0.15, 0.2) is 102 Å². The molecule has 0 aliphatic heterocycles. The van der Waals surface area contributed by atoms with Crippen LogP contribution in [0, 0.1) is 0 Å². The fraction of sp³-hybridized carbons (Fsp3) is 0.167. The molecule has 0 saturated carbocycles. The van der Waals surface area contributed by atoms with E-state index in [1.54, 1.807) is 16.8 Å². The molecular weight excluding hydrogens is 500 g/mol. The number of anilines is 1. The van der Waals surface area contributed by atoms with Crippen molar-refractivity contribution in [3.8, 4) is 5.75 Å². The second-order valence-electron chi connectivity index (χ2n) is 9.38. The van der Waals surface area contributed by atoms with Gasteiger partial charge in [0.05, 0.1) is 6.54 Å². The maximum Gasteiger partial charge on any atom is 0.293 e. The minimum Gasteiger partial charge on any atom is -0.486 e. The second-order valence-corrected chi connectivity index (χ2v) is 9.79. The summed E-state index contributed by atoms with van der Waals surface area (Å²) in [7, 11) is 0. The Kier molecular flexibility index (Phi) is 7.29. The highest BCUT2D eigenvalue weighted by atomic mass is 35.5. The highest BCUT2D eigenvalue weighted by Crippen LogP contribution is 2.32. The van der Waals surface area contributed by atoms with Crippen LogP contribution in [0.1, 0.15) is 46.9 Å². The van der Waals surface area contributed by atoms with Gasteiger partial charge in [-0.05, 0) is 47.0 Å². The largest absolute Gasteiger partial charge is 0.486 e. The average molecular weight is 527 g/mol. The van der Waals surface area contributed by atoms with Gasteiger partial charge < -0.3 is 9.15 Å². The summed E-state index contributed by atoms with van der Waals surface area (Å²) in [5.74, 6) is 1.12. The van der Waals surface area contributed by atoms with Crippen LogP contribution in [0.2, 0.25) is 5.02 Å². The van der Waals surface area contributed by atoms with E-state index in [4.69, 9.17) is 20.8 Å². The lowest BCUT2D eigenvalue weighted by Gasteiger charge is -2.26. The molecule has 0 aliphatic carbocycles. The first-order valence-corrected chi connectivity index (χ1v) is 12.6. The van der Waals surface area contributed by atoms with E-state index in [9.17, 15) is 4.79 Å². The number of hydrogen-bond donors (Lipinski definition) is 1. The van der Waals surface area contributed by atoms with Crippen molar-refractivity contribution in [2.45, 2.75) is 32.4 Å². The summed E-state index contributed by atoms with van der Waals surface area (Å²) in [5, 5.41) is 7.58. The Balaban J connectivity index is 1.15. The van der Waals surface area contributed by atoms with Crippen LogP contribution >= 0.6 is 11.6 Å². The monoisotopic (exact) mass is 526 g/mol. The summed E-state index contributed by atoms with van der Waals surface area (Å²) >= 11 is 6.21. The van der Waals surface area contributed by atoms with Gasteiger partial charge in [-0.1, -0.05) is 86.1 Å². The van der Waals surface area contributed by atoms with Gasteiger partial charge in [0.2, 0.25) is 5.95 Å². The summed E-state index contributed by atoms with van der Waals surface area (Å²) in [6.07, 6.45) is 1.53. The molecule has 0 saturated heterocycles. The van der Waals surface area contributed by atoms with Gasteiger partial charge in [0.25, 0.3) is 5.91 Å². The Labute approximate surface area is 226 Å².